The summed E-state index contributed by atoms with van der Waals surface area (Å²) in [6, 6.07) is 23.2. The van der Waals surface area contributed by atoms with Crippen LogP contribution in [0.3, 0.4) is 0 Å². The predicted octanol–water partition coefficient (Wildman–Crippen LogP) is 5.00. The van der Waals surface area contributed by atoms with Crippen LogP contribution >= 0.6 is 0 Å². The van der Waals surface area contributed by atoms with Gasteiger partial charge in [0.25, 0.3) is 5.56 Å². The highest BCUT2D eigenvalue weighted by molar-refractivity contribution is 5.80. The minimum atomic E-state index is 0.128. The molecule has 0 aliphatic carbocycles. The Labute approximate surface area is 195 Å². The van der Waals surface area contributed by atoms with Crippen molar-refractivity contribution in [1.82, 2.24) is 14.5 Å². The van der Waals surface area contributed by atoms with E-state index < -0.39 is 0 Å². The van der Waals surface area contributed by atoms with Gasteiger partial charge < -0.3 is 0 Å². The van der Waals surface area contributed by atoms with E-state index in [0.29, 0.717) is 6.54 Å². The van der Waals surface area contributed by atoms with Crippen LogP contribution in [0, 0.1) is 0 Å². The van der Waals surface area contributed by atoms with Gasteiger partial charge in [-0.1, -0.05) is 61.5 Å². The Morgan fingerprint density at radius 3 is 2.42 bits per heavy atom. The van der Waals surface area contributed by atoms with Gasteiger partial charge in [0, 0.05) is 30.2 Å². The molecule has 0 spiro atoms. The molecular weight excluding hydrogens is 406 g/mol. The lowest BCUT2D eigenvalue weighted by Crippen LogP contribution is -2.34. The third-order valence-electron chi connectivity index (χ3n) is 6.89. The molecule has 5 rings (SSSR count). The molecule has 0 amide bonds. The fourth-order valence-corrected chi connectivity index (χ4v) is 5.18. The second kappa shape index (κ2) is 9.72. The van der Waals surface area contributed by atoms with Crippen molar-refractivity contribution >= 4 is 11.0 Å². The van der Waals surface area contributed by atoms with Gasteiger partial charge >= 0.3 is 0 Å². The highest BCUT2D eigenvalue weighted by atomic mass is 16.1. The van der Waals surface area contributed by atoms with E-state index in [9.17, 15) is 4.79 Å². The fraction of sp³-hybridized carbons (Fsp3) is 0.310. The summed E-state index contributed by atoms with van der Waals surface area (Å²) in [7, 11) is 0. The molecule has 0 saturated carbocycles. The van der Waals surface area contributed by atoms with Gasteiger partial charge in [0.1, 0.15) is 5.65 Å². The van der Waals surface area contributed by atoms with E-state index in [-0.39, 0.29) is 5.56 Å². The topological polar surface area (TPSA) is 38.1 Å². The molecule has 4 heteroatoms. The number of aryl methyl sites for hydroxylation is 2. The number of hydrogen-bond donors (Lipinski definition) is 0. The van der Waals surface area contributed by atoms with Crippen molar-refractivity contribution in [1.29, 1.82) is 0 Å². The molecule has 168 valence electrons. The van der Waals surface area contributed by atoms with Gasteiger partial charge in [0.05, 0.1) is 6.54 Å². The Kier molecular flexibility index (Phi) is 6.36. The van der Waals surface area contributed by atoms with E-state index in [1.54, 1.807) is 6.20 Å². The summed E-state index contributed by atoms with van der Waals surface area (Å²) in [4.78, 5) is 21.0. The number of hydrogen-bond acceptors (Lipinski definition) is 3. The van der Waals surface area contributed by atoms with E-state index >= 15 is 0 Å². The van der Waals surface area contributed by atoms with Crippen LogP contribution in [0.15, 0.2) is 77.7 Å². The maximum absolute atomic E-state index is 13.9. The number of nitrogens with zero attached hydrogens (tertiary/aromatic N) is 3. The first-order chi connectivity index (χ1) is 16.2. The largest absolute Gasteiger partial charge is 0.299 e. The average molecular weight is 438 g/mol. The van der Waals surface area contributed by atoms with Crippen LogP contribution in [0.1, 0.15) is 41.2 Å². The maximum Gasteiger partial charge on any atom is 0.256 e. The fourth-order valence-electron chi connectivity index (χ4n) is 5.18. The van der Waals surface area contributed by atoms with Gasteiger partial charge in [-0.2, -0.15) is 0 Å². The van der Waals surface area contributed by atoms with E-state index in [1.165, 1.54) is 22.3 Å². The van der Waals surface area contributed by atoms with E-state index in [1.807, 2.05) is 10.6 Å². The summed E-state index contributed by atoms with van der Waals surface area (Å²) in [6.07, 6.45) is 5.51. The van der Waals surface area contributed by atoms with Gasteiger partial charge in [-0.3, -0.25) is 14.3 Å². The molecule has 0 N–H and O–H groups in total. The maximum atomic E-state index is 13.9. The summed E-state index contributed by atoms with van der Waals surface area (Å²) in [6.45, 7) is 5.61. The third kappa shape index (κ3) is 4.49. The zero-order valence-electron chi connectivity index (χ0n) is 19.3. The second-order valence-electron chi connectivity index (χ2n) is 8.96. The van der Waals surface area contributed by atoms with Gasteiger partial charge in [-0.05, 0) is 66.6 Å². The van der Waals surface area contributed by atoms with E-state index in [2.05, 4.69) is 77.5 Å². The summed E-state index contributed by atoms with van der Waals surface area (Å²) in [5.74, 6) is 0. The minimum absolute atomic E-state index is 0.128. The van der Waals surface area contributed by atoms with Crippen molar-refractivity contribution in [3.63, 3.8) is 0 Å². The molecule has 33 heavy (non-hydrogen) atoms. The lowest BCUT2D eigenvalue weighted by Gasteiger charge is -2.27. The highest BCUT2D eigenvalue weighted by Gasteiger charge is 2.21. The van der Waals surface area contributed by atoms with Crippen molar-refractivity contribution in [2.45, 2.75) is 45.7 Å². The Morgan fingerprint density at radius 1 is 0.818 bits per heavy atom. The van der Waals surface area contributed by atoms with Gasteiger partial charge in [-0.25, -0.2) is 4.98 Å². The van der Waals surface area contributed by atoms with E-state index in [4.69, 9.17) is 0 Å². The lowest BCUT2D eigenvalue weighted by atomic mass is 9.95. The summed E-state index contributed by atoms with van der Waals surface area (Å²) >= 11 is 0. The number of rotatable bonds is 5. The standard InChI is InChI=1S/C29H31N3O/c1-2-23-12-6-7-13-24(23)21-32-28-26(14-8-17-30-28)25-15-9-18-31(19-16-27(25)29(32)33)20-22-10-4-3-5-11-22/h3-8,10-14,17H,2,9,15-16,18-21H2,1H3. The van der Waals surface area contributed by atoms with Crippen molar-refractivity contribution < 1.29 is 0 Å². The van der Waals surface area contributed by atoms with Crippen LogP contribution in [-0.2, 0) is 32.4 Å². The van der Waals surface area contributed by atoms with Crippen LogP contribution in [0.25, 0.3) is 11.0 Å². The predicted molar refractivity (Wildman–Crippen MR) is 135 cm³/mol. The zero-order chi connectivity index (χ0) is 22.6. The zero-order valence-corrected chi connectivity index (χ0v) is 19.3. The first kappa shape index (κ1) is 21.6. The molecule has 1 aliphatic heterocycles. The van der Waals surface area contributed by atoms with Crippen molar-refractivity contribution in [2.24, 2.45) is 0 Å². The van der Waals surface area contributed by atoms with Crippen LogP contribution in [0.5, 0.6) is 0 Å². The summed E-state index contributed by atoms with van der Waals surface area (Å²) < 4.78 is 1.91. The third-order valence-corrected chi connectivity index (χ3v) is 6.89. The summed E-state index contributed by atoms with van der Waals surface area (Å²) in [5, 5.41) is 1.14. The number of aromatic nitrogens is 2. The number of benzene rings is 2. The van der Waals surface area contributed by atoms with E-state index in [0.717, 1.165) is 61.9 Å². The molecule has 3 heterocycles. The SMILES string of the molecule is CCc1ccccc1Cn1c(=O)c2c(c3cccnc31)CCCN(Cc1ccccc1)CC2. The number of fused-ring (bicyclic) bond motifs is 3. The van der Waals surface area contributed by atoms with Gasteiger partial charge in [0.2, 0.25) is 0 Å². The Balaban J connectivity index is 1.53. The molecule has 2 aromatic carbocycles. The average Bonchev–Trinajstić information content (AvgIpc) is 2.84. The van der Waals surface area contributed by atoms with Gasteiger partial charge in [-0.15, -0.1) is 0 Å². The summed E-state index contributed by atoms with van der Waals surface area (Å²) in [5.41, 5.74) is 6.94. The second-order valence-corrected chi connectivity index (χ2v) is 8.96. The minimum Gasteiger partial charge on any atom is -0.299 e. The molecule has 0 radical (unpaired) electrons. The van der Waals surface area contributed by atoms with Crippen molar-refractivity contribution in [2.75, 3.05) is 13.1 Å². The van der Waals surface area contributed by atoms with Gasteiger partial charge in [0.15, 0.2) is 0 Å². The molecule has 4 aromatic rings. The molecule has 0 saturated heterocycles. The lowest BCUT2D eigenvalue weighted by molar-refractivity contribution is 0.260. The molecule has 0 bridgehead atoms. The molecule has 1 aliphatic rings. The first-order valence-corrected chi connectivity index (χ1v) is 12.1. The molecule has 2 aromatic heterocycles. The highest BCUT2D eigenvalue weighted by Crippen LogP contribution is 2.24. The Hall–Kier alpha value is -3.24. The molecular formula is C29H31N3O. The molecule has 0 unspecified atom stereocenters. The first-order valence-electron chi connectivity index (χ1n) is 12.1. The molecule has 4 nitrogen and oxygen atoms in total. The monoisotopic (exact) mass is 437 g/mol. The Bertz CT molecular complexity index is 1310. The van der Waals surface area contributed by atoms with Crippen LogP contribution < -0.4 is 5.56 Å². The van der Waals surface area contributed by atoms with Crippen LogP contribution in [0.4, 0.5) is 0 Å². The molecule has 0 atom stereocenters. The van der Waals surface area contributed by atoms with Crippen molar-refractivity contribution in [3.8, 4) is 0 Å². The van der Waals surface area contributed by atoms with Crippen LogP contribution in [-0.4, -0.2) is 27.5 Å². The number of pyridine rings is 2. The molecule has 0 fully saturated rings. The van der Waals surface area contributed by atoms with Crippen LogP contribution in [0.2, 0.25) is 0 Å². The quantitative estimate of drug-likeness (QED) is 0.441. The Morgan fingerprint density at radius 2 is 1.61 bits per heavy atom. The van der Waals surface area contributed by atoms with Crippen molar-refractivity contribution in [3.05, 3.63) is 111 Å². The normalized spacial score (nSPS) is 14.6. The smallest absolute Gasteiger partial charge is 0.256 e.